The lowest BCUT2D eigenvalue weighted by atomic mass is 10.5. The van der Waals surface area contributed by atoms with Gasteiger partial charge in [0.2, 0.25) is 5.16 Å². The molecule has 0 saturated heterocycles. The summed E-state index contributed by atoms with van der Waals surface area (Å²) >= 11 is 1.38. The van der Waals surface area contributed by atoms with Gasteiger partial charge in [0.05, 0.1) is 0 Å². The van der Waals surface area contributed by atoms with Crippen LogP contribution in [0.15, 0.2) is 5.16 Å². The van der Waals surface area contributed by atoms with Crippen LogP contribution in [0.5, 0.6) is 0 Å². The van der Waals surface area contributed by atoms with Crippen molar-refractivity contribution >= 4 is 17.7 Å². The van der Waals surface area contributed by atoms with E-state index in [1.807, 2.05) is 13.8 Å². The van der Waals surface area contributed by atoms with Crippen molar-refractivity contribution in [1.82, 2.24) is 20.2 Å². The van der Waals surface area contributed by atoms with E-state index < -0.39 is 5.97 Å². The number of carboxylic acids is 1. The number of hydrogen-bond acceptors (Lipinski definition) is 7. The lowest BCUT2D eigenvalue weighted by Gasteiger charge is -2.16. The molecule has 0 aliphatic heterocycles. The number of aliphatic carboxylic acids is 1. The van der Waals surface area contributed by atoms with E-state index in [1.54, 1.807) is 0 Å². The minimum atomic E-state index is -0.976. The van der Waals surface area contributed by atoms with Gasteiger partial charge in [-0.1, -0.05) is 11.8 Å². The highest BCUT2D eigenvalue weighted by Crippen LogP contribution is 2.16. The molecule has 0 radical (unpaired) electrons. The number of hydrogen-bond donors (Lipinski definition) is 1. The Hall–Kier alpha value is -1.19. The smallest absolute Gasteiger partial charge is 0.325 e. The number of carboxylic acid groups (broad SMARTS) is 1. The number of tetrazole rings is 1. The molecule has 0 atom stereocenters. The molecular formula is C10H18N4O4S. The summed E-state index contributed by atoms with van der Waals surface area (Å²) < 4.78 is 12.1. The fraction of sp³-hybridized carbons (Fsp3) is 0.800. The second kappa shape index (κ2) is 8.83. The van der Waals surface area contributed by atoms with Crippen LogP contribution in [0.2, 0.25) is 0 Å². The molecule has 1 heterocycles. The van der Waals surface area contributed by atoms with Crippen molar-refractivity contribution in [3.63, 3.8) is 0 Å². The van der Waals surface area contributed by atoms with Crippen LogP contribution in [0.4, 0.5) is 0 Å². The molecule has 1 aromatic heterocycles. The number of ether oxygens (including phenoxy) is 2. The quantitative estimate of drug-likeness (QED) is 0.495. The normalized spacial score (nSPS) is 11.1. The molecule has 19 heavy (non-hydrogen) atoms. The van der Waals surface area contributed by atoms with E-state index in [4.69, 9.17) is 14.6 Å². The van der Waals surface area contributed by atoms with Crippen LogP contribution in [0.1, 0.15) is 20.3 Å². The minimum absolute atomic E-state index is 0.240. The van der Waals surface area contributed by atoms with E-state index >= 15 is 0 Å². The third-order valence-corrected chi connectivity index (χ3v) is 3.06. The summed E-state index contributed by atoms with van der Waals surface area (Å²) in [6.07, 6.45) is 0.443. The molecule has 1 rings (SSSR count). The van der Waals surface area contributed by atoms with Crippen molar-refractivity contribution in [2.45, 2.75) is 38.3 Å². The largest absolute Gasteiger partial charge is 0.480 e. The van der Waals surface area contributed by atoms with E-state index in [9.17, 15) is 4.79 Å². The maximum Gasteiger partial charge on any atom is 0.325 e. The van der Waals surface area contributed by atoms with Crippen molar-refractivity contribution in [3.05, 3.63) is 0 Å². The third kappa shape index (κ3) is 5.99. The summed E-state index contributed by atoms with van der Waals surface area (Å²) in [5, 5.41) is 20.0. The number of aromatic nitrogens is 4. The van der Waals surface area contributed by atoms with Gasteiger partial charge in [-0.25, -0.2) is 4.68 Å². The first-order valence-electron chi connectivity index (χ1n) is 6.01. The molecule has 0 aliphatic rings. The average molecular weight is 290 g/mol. The van der Waals surface area contributed by atoms with Crippen LogP contribution in [0.25, 0.3) is 0 Å². The Labute approximate surface area is 115 Å². The molecule has 0 bridgehead atoms. The zero-order valence-corrected chi connectivity index (χ0v) is 11.8. The number of rotatable bonds is 10. The first kappa shape index (κ1) is 15.9. The molecule has 0 amide bonds. The molecule has 1 N–H and O–H groups in total. The predicted octanol–water partition coefficient (Wildman–Crippen LogP) is 0.639. The second-order valence-electron chi connectivity index (χ2n) is 3.49. The van der Waals surface area contributed by atoms with E-state index in [-0.39, 0.29) is 12.8 Å². The van der Waals surface area contributed by atoms with Crippen molar-refractivity contribution in [3.8, 4) is 0 Å². The topological polar surface area (TPSA) is 99.4 Å². The number of thioether (sulfide) groups is 1. The van der Waals surface area contributed by atoms with Crippen LogP contribution >= 0.6 is 11.8 Å². The minimum Gasteiger partial charge on any atom is -0.480 e. The summed E-state index contributed by atoms with van der Waals surface area (Å²) in [4.78, 5) is 10.6. The lowest BCUT2D eigenvalue weighted by molar-refractivity contribution is -0.138. The molecule has 9 heteroatoms. The second-order valence-corrected chi connectivity index (χ2v) is 4.55. The number of nitrogens with zero attached hydrogens (tertiary/aromatic N) is 4. The Kier molecular flexibility index (Phi) is 7.38. The van der Waals surface area contributed by atoms with Gasteiger partial charge in [-0.3, -0.25) is 4.79 Å². The van der Waals surface area contributed by atoms with Crippen LogP contribution in [-0.4, -0.2) is 56.5 Å². The van der Waals surface area contributed by atoms with Crippen molar-refractivity contribution in [2.75, 3.05) is 19.0 Å². The van der Waals surface area contributed by atoms with Gasteiger partial charge in [-0.15, -0.1) is 5.10 Å². The lowest BCUT2D eigenvalue weighted by Crippen LogP contribution is -2.18. The van der Waals surface area contributed by atoms with E-state index in [0.717, 1.165) is 0 Å². The first-order valence-corrected chi connectivity index (χ1v) is 6.99. The maximum atomic E-state index is 10.6. The predicted molar refractivity (Wildman–Crippen MR) is 67.8 cm³/mol. The van der Waals surface area contributed by atoms with Gasteiger partial charge in [-0.2, -0.15) is 0 Å². The van der Waals surface area contributed by atoms with Gasteiger partial charge < -0.3 is 14.6 Å². The van der Waals surface area contributed by atoms with Crippen molar-refractivity contribution < 1.29 is 19.4 Å². The monoisotopic (exact) mass is 290 g/mol. The average Bonchev–Trinajstić information content (AvgIpc) is 2.76. The molecule has 1 aromatic rings. The van der Waals surface area contributed by atoms with Gasteiger partial charge in [0.25, 0.3) is 0 Å². The Bertz CT molecular complexity index is 381. The van der Waals surface area contributed by atoms with Crippen LogP contribution in [0, 0.1) is 0 Å². The molecule has 0 spiro atoms. The third-order valence-electron chi connectivity index (χ3n) is 2.07. The summed E-state index contributed by atoms with van der Waals surface area (Å²) in [6.45, 7) is 4.76. The summed E-state index contributed by atoms with van der Waals surface area (Å²) in [5.74, 6) is -0.291. The highest BCUT2D eigenvalue weighted by Gasteiger charge is 2.12. The fourth-order valence-corrected chi connectivity index (χ4v) is 2.20. The van der Waals surface area contributed by atoms with Crippen molar-refractivity contribution in [2.24, 2.45) is 0 Å². The van der Waals surface area contributed by atoms with Gasteiger partial charge in [-0.05, 0) is 24.3 Å². The molecule has 108 valence electrons. The summed E-state index contributed by atoms with van der Waals surface area (Å²) in [6, 6.07) is 0. The Balaban J connectivity index is 2.39. The van der Waals surface area contributed by atoms with E-state index in [1.165, 1.54) is 16.4 Å². The van der Waals surface area contributed by atoms with Gasteiger partial charge in [0.15, 0.2) is 6.29 Å². The SMILES string of the molecule is CCOC(CCSc1nnnn1CC(=O)O)OCC. The summed E-state index contributed by atoms with van der Waals surface area (Å²) in [7, 11) is 0. The van der Waals surface area contributed by atoms with E-state index in [2.05, 4.69) is 15.5 Å². The zero-order valence-electron chi connectivity index (χ0n) is 11.0. The molecule has 0 fully saturated rings. The Morgan fingerprint density at radius 2 is 2.11 bits per heavy atom. The van der Waals surface area contributed by atoms with E-state index in [0.29, 0.717) is 30.5 Å². The zero-order chi connectivity index (χ0) is 14.1. The maximum absolute atomic E-state index is 10.6. The molecule has 0 saturated carbocycles. The summed E-state index contributed by atoms with van der Waals surface area (Å²) in [5.41, 5.74) is 0. The van der Waals surface area contributed by atoms with Crippen molar-refractivity contribution in [1.29, 1.82) is 0 Å². The molecule has 0 aromatic carbocycles. The van der Waals surface area contributed by atoms with Crippen LogP contribution < -0.4 is 0 Å². The molecule has 0 aliphatic carbocycles. The van der Waals surface area contributed by atoms with Gasteiger partial charge in [0, 0.05) is 25.4 Å². The van der Waals surface area contributed by atoms with Crippen LogP contribution in [-0.2, 0) is 20.8 Å². The van der Waals surface area contributed by atoms with Crippen LogP contribution in [0.3, 0.4) is 0 Å². The van der Waals surface area contributed by atoms with Gasteiger partial charge >= 0.3 is 5.97 Å². The highest BCUT2D eigenvalue weighted by atomic mass is 32.2. The Morgan fingerprint density at radius 3 is 2.68 bits per heavy atom. The standard InChI is InChI=1S/C10H18N4O4S/c1-3-17-9(18-4-2)5-6-19-10-11-12-13-14(10)7-8(15)16/h9H,3-7H2,1-2H3,(H,15,16). The molecule has 0 unspecified atom stereocenters. The molecule has 8 nitrogen and oxygen atoms in total. The molecular weight excluding hydrogens is 272 g/mol. The van der Waals surface area contributed by atoms with Gasteiger partial charge in [0.1, 0.15) is 6.54 Å². The highest BCUT2D eigenvalue weighted by molar-refractivity contribution is 7.99. The number of carbonyl (C=O) groups is 1. The first-order chi connectivity index (χ1) is 9.17. The fourth-order valence-electron chi connectivity index (χ4n) is 1.36. The Morgan fingerprint density at radius 1 is 1.42 bits per heavy atom.